The number of nitrogens with one attached hydrogen (secondary N) is 2. The SMILES string of the molecule is CCNC(=S)NCCc1ccccc1. The Bertz CT molecular complexity index is 272. The fraction of sp³-hybridized carbons (Fsp3) is 0.364. The van der Waals surface area contributed by atoms with Crippen LogP contribution in [0.2, 0.25) is 0 Å². The summed E-state index contributed by atoms with van der Waals surface area (Å²) in [6.07, 6.45) is 1.01. The van der Waals surface area contributed by atoms with Crippen molar-refractivity contribution in [1.29, 1.82) is 0 Å². The van der Waals surface area contributed by atoms with Gasteiger partial charge in [-0.2, -0.15) is 0 Å². The molecule has 1 rings (SSSR count). The standard InChI is InChI=1S/C11H16N2S/c1-2-12-11(14)13-9-8-10-6-4-3-5-7-10/h3-7H,2,8-9H2,1H3,(H2,12,13,14). The van der Waals surface area contributed by atoms with E-state index in [0.29, 0.717) is 0 Å². The van der Waals surface area contributed by atoms with E-state index < -0.39 is 0 Å². The Hall–Kier alpha value is -1.09. The van der Waals surface area contributed by atoms with Crippen LogP contribution >= 0.6 is 12.2 Å². The van der Waals surface area contributed by atoms with E-state index in [4.69, 9.17) is 12.2 Å². The summed E-state index contributed by atoms with van der Waals surface area (Å²) in [5, 5.41) is 6.94. The second-order valence-corrected chi connectivity index (χ2v) is 3.43. The molecule has 0 aliphatic rings. The van der Waals surface area contributed by atoms with Gasteiger partial charge in [-0.3, -0.25) is 0 Å². The third kappa shape index (κ3) is 4.23. The van der Waals surface area contributed by atoms with Gasteiger partial charge in [0.25, 0.3) is 0 Å². The van der Waals surface area contributed by atoms with E-state index in [2.05, 4.69) is 34.9 Å². The quantitative estimate of drug-likeness (QED) is 0.737. The van der Waals surface area contributed by atoms with Gasteiger partial charge in [-0.1, -0.05) is 30.3 Å². The lowest BCUT2D eigenvalue weighted by atomic mass is 10.1. The van der Waals surface area contributed by atoms with E-state index in [1.54, 1.807) is 0 Å². The third-order valence-corrected chi connectivity index (χ3v) is 2.17. The molecule has 14 heavy (non-hydrogen) atoms. The molecule has 2 N–H and O–H groups in total. The summed E-state index contributed by atoms with van der Waals surface area (Å²) >= 11 is 5.05. The molecule has 0 atom stereocenters. The average Bonchev–Trinajstić information content (AvgIpc) is 2.20. The Morgan fingerprint density at radius 1 is 1.21 bits per heavy atom. The van der Waals surface area contributed by atoms with Gasteiger partial charge in [0, 0.05) is 13.1 Å². The van der Waals surface area contributed by atoms with Crippen LogP contribution in [-0.2, 0) is 6.42 Å². The fourth-order valence-electron chi connectivity index (χ4n) is 1.19. The molecule has 0 saturated heterocycles. The van der Waals surface area contributed by atoms with Crippen LogP contribution in [-0.4, -0.2) is 18.2 Å². The highest BCUT2D eigenvalue weighted by molar-refractivity contribution is 7.80. The monoisotopic (exact) mass is 208 g/mol. The van der Waals surface area contributed by atoms with Crippen molar-refractivity contribution in [2.75, 3.05) is 13.1 Å². The topological polar surface area (TPSA) is 24.1 Å². The van der Waals surface area contributed by atoms with E-state index in [0.717, 1.165) is 24.6 Å². The highest BCUT2D eigenvalue weighted by atomic mass is 32.1. The number of benzene rings is 1. The van der Waals surface area contributed by atoms with E-state index in [1.165, 1.54) is 5.56 Å². The summed E-state index contributed by atoms with van der Waals surface area (Å²) in [5.74, 6) is 0. The summed E-state index contributed by atoms with van der Waals surface area (Å²) in [7, 11) is 0. The molecule has 3 heteroatoms. The van der Waals surface area contributed by atoms with Crippen molar-refractivity contribution in [2.24, 2.45) is 0 Å². The predicted molar refractivity (Wildman–Crippen MR) is 64.4 cm³/mol. The predicted octanol–water partition coefficient (Wildman–Crippen LogP) is 1.71. The summed E-state index contributed by atoms with van der Waals surface area (Å²) in [5.41, 5.74) is 1.33. The number of hydrogen-bond acceptors (Lipinski definition) is 1. The Morgan fingerprint density at radius 2 is 1.93 bits per heavy atom. The van der Waals surface area contributed by atoms with Crippen molar-refractivity contribution in [3.8, 4) is 0 Å². The lowest BCUT2D eigenvalue weighted by molar-refractivity contribution is 0.829. The molecule has 0 bridgehead atoms. The smallest absolute Gasteiger partial charge is 0.166 e. The largest absolute Gasteiger partial charge is 0.363 e. The Balaban J connectivity index is 2.19. The first-order valence-corrected chi connectivity index (χ1v) is 5.29. The Kier molecular flexibility index (Phi) is 5.00. The van der Waals surface area contributed by atoms with Crippen molar-refractivity contribution in [1.82, 2.24) is 10.6 Å². The molecule has 76 valence electrons. The van der Waals surface area contributed by atoms with Gasteiger partial charge < -0.3 is 10.6 Å². The Labute approximate surface area is 90.7 Å². The van der Waals surface area contributed by atoms with Gasteiger partial charge in [-0.05, 0) is 31.1 Å². The molecule has 0 aromatic heterocycles. The fourth-order valence-corrected chi connectivity index (χ4v) is 1.43. The molecule has 0 amide bonds. The molecule has 0 aliphatic heterocycles. The first-order chi connectivity index (χ1) is 6.83. The lowest BCUT2D eigenvalue weighted by Crippen LogP contribution is -2.36. The molecule has 0 aliphatic carbocycles. The summed E-state index contributed by atoms with van der Waals surface area (Å²) in [6, 6.07) is 10.4. The van der Waals surface area contributed by atoms with Crippen LogP contribution in [0.15, 0.2) is 30.3 Å². The third-order valence-electron chi connectivity index (χ3n) is 1.88. The molecule has 2 nitrogen and oxygen atoms in total. The summed E-state index contributed by atoms with van der Waals surface area (Å²) in [6.45, 7) is 3.79. The molecular weight excluding hydrogens is 192 g/mol. The highest BCUT2D eigenvalue weighted by Crippen LogP contribution is 1.97. The van der Waals surface area contributed by atoms with Crippen molar-refractivity contribution in [2.45, 2.75) is 13.3 Å². The molecule has 0 heterocycles. The zero-order valence-electron chi connectivity index (χ0n) is 8.42. The second-order valence-electron chi connectivity index (χ2n) is 3.02. The average molecular weight is 208 g/mol. The van der Waals surface area contributed by atoms with Crippen molar-refractivity contribution in [3.05, 3.63) is 35.9 Å². The van der Waals surface area contributed by atoms with Gasteiger partial charge in [-0.25, -0.2) is 0 Å². The van der Waals surface area contributed by atoms with Crippen molar-refractivity contribution < 1.29 is 0 Å². The molecule has 0 fully saturated rings. The maximum atomic E-state index is 5.05. The van der Waals surface area contributed by atoms with Crippen LogP contribution in [0.25, 0.3) is 0 Å². The maximum absolute atomic E-state index is 5.05. The zero-order chi connectivity index (χ0) is 10.2. The number of rotatable bonds is 4. The molecule has 0 saturated carbocycles. The van der Waals surface area contributed by atoms with E-state index >= 15 is 0 Å². The highest BCUT2D eigenvalue weighted by Gasteiger charge is 1.93. The maximum Gasteiger partial charge on any atom is 0.166 e. The minimum absolute atomic E-state index is 0.739. The number of thiocarbonyl (C=S) groups is 1. The van der Waals surface area contributed by atoms with Crippen LogP contribution in [0.4, 0.5) is 0 Å². The zero-order valence-corrected chi connectivity index (χ0v) is 9.23. The minimum Gasteiger partial charge on any atom is -0.363 e. The summed E-state index contributed by atoms with van der Waals surface area (Å²) < 4.78 is 0. The van der Waals surface area contributed by atoms with Gasteiger partial charge >= 0.3 is 0 Å². The minimum atomic E-state index is 0.739. The van der Waals surface area contributed by atoms with Gasteiger partial charge in [0.05, 0.1) is 0 Å². The molecule has 1 aromatic rings. The first-order valence-electron chi connectivity index (χ1n) is 4.88. The van der Waals surface area contributed by atoms with Gasteiger partial charge in [0.15, 0.2) is 5.11 Å². The normalized spacial score (nSPS) is 9.50. The van der Waals surface area contributed by atoms with Crippen LogP contribution in [0.3, 0.4) is 0 Å². The number of hydrogen-bond donors (Lipinski definition) is 2. The van der Waals surface area contributed by atoms with Gasteiger partial charge in [0.1, 0.15) is 0 Å². The first kappa shape index (κ1) is 11.0. The van der Waals surface area contributed by atoms with Gasteiger partial charge in [-0.15, -0.1) is 0 Å². The van der Waals surface area contributed by atoms with E-state index in [-0.39, 0.29) is 0 Å². The van der Waals surface area contributed by atoms with Crippen LogP contribution in [0, 0.1) is 0 Å². The van der Waals surface area contributed by atoms with Crippen LogP contribution < -0.4 is 10.6 Å². The van der Waals surface area contributed by atoms with Crippen LogP contribution in [0.1, 0.15) is 12.5 Å². The van der Waals surface area contributed by atoms with E-state index in [9.17, 15) is 0 Å². The van der Waals surface area contributed by atoms with E-state index in [1.807, 2.05) is 13.0 Å². The van der Waals surface area contributed by atoms with Crippen molar-refractivity contribution >= 4 is 17.3 Å². The van der Waals surface area contributed by atoms with Crippen molar-refractivity contribution in [3.63, 3.8) is 0 Å². The Morgan fingerprint density at radius 3 is 2.57 bits per heavy atom. The molecule has 0 unspecified atom stereocenters. The second kappa shape index (κ2) is 6.38. The molecule has 0 spiro atoms. The summed E-state index contributed by atoms with van der Waals surface area (Å²) in [4.78, 5) is 0. The van der Waals surface area contributed by atoms with Crippen LogP contribution in [0.5, 0.6) is 0 Å². The molecular formula is C11H16N2S. The molecule has 0 radical (unpaired) electrons. The molecule has 1 aromatic carbocycles. The van der Waals surface area contributed by atoms with Gasteiger partial charge in [0.2, 0.25) is 0 Å². The lowest BCUT2D eigenvalue weighted by Gasteiger charge is -2.08.